The molecule has 3 heterocycles. The number of nitrogen functional groups attached to an aromatic ring is 1. The number of nitrogens with two attached hydrogens (primary N) is 1. The normalized spacial score (nSPS) is 22.8. The average Bonchev–Trinajstić information content (AvgIpc) is 2.83. The third kappa shape index (κ3) is 5.80. The van der Waals surface area contributed by atoms with E-state index in [4.69, 9.17) is 15.2 Å². The third-order valence-corrected chi connectivity index (χ3v) is 6.57. The van der Waals surface area contributed by atoms with Gasteiger partial charge < -0.3 is 25.0 Å². The Hall–Kier alpha value is -3.15. The predicted molar refractivity (Wildman–Crippen MR) is 127 cm³/mol. The second kappa shape index (κ2) is 10.5. The van der Waals surface area contributed by atoms with Crippen molar-refractivity contribution in [2.24, 2.45) is 5.92 Å². The van der Waals surface area contributed by atoms with Gasteiger partial charge in [0.1, 0.15) is 11.9 Å². The minimum Gasteiger partial charge on any atom is -0.474 e. The number of carbonyl (C=O) groups is 1. The molecule has 0 radical (unpaired) electrons. The summed E-state index contributed by atoms with van der Waals surface area (Å²) in [5.41, 5.74) is 4.47. The predicted octanol–water partition coefficient (Wildman–Crippen LogP) is 3.39. The summed E-state index contributed by atoms with van der Waals surface area (Å²) in [7, 11) is 3.48. The Morgan fingerprint density at radius 2 is 1.92 bits per heavy atom. The molecular formula is C24H31F3N6O3. The van der Waals surface area contributed by atoms with Crippen molar-refractivity contribution in [3.8, 4) is 17.1 Å². The molecule has 2 N–H and O–H groups in total. The summed E-state index contributed by atoms with van der Waals surface area (Å²) in [5.74, 6) is 0.251. The van der Waals surface area contributed by atoms with Crippen molar-refractivity contribution in [3.05, 3.63) is 23.9 Å². The van der Waals surface area contributed by atoms with Gasteiger partial charge in [-0.25, -0.2) is 9.97 Å². The highest BCUT2D eigenvalue weighted by Gasteiger charge is 2.36. The lowest BCUT2D eigenvalue weighted by Crippen LogP contribution is -2.44. The Kier molecular flexibility index (Phi) is 7.53. The maximum atomic E-state index is 13.8. The van der Waals surface area contributed by atoms with Crippen LogP contribution in [0.1, 0.15) is 38.2 Å². The number of anilines is 2. The molecule has 2 aliphatic rings. The van der Waals surface area contributed by atoms with E-state index in [9.17, 15) is 18.0 Å². The largest absolute Gasteiger partial charge is 0.474 e. The van der Waals surface area contributed by atoms with Crippen LogP contribution in [0.5, 0.6) is 5.88 Å². The minimum absolute atomic E-state index is 0.0463. The topological polar surface area (TPSA) is 107 Å². The second-order valence-electron chi connectivity index (χ2n) is 9.49. The number of rotatable bonds is 5. The molecule has 1 atom stereocenters. The summed E-state index contributed by atoms with van der Waals surface area (Å²) in [5, 5.41) is 0. The number of aromatic nitrogens is 3. The zero-order chi connectivity index (χ0) is 26.0. The van der Waals surface area contributed by atoms with E-state index in [1.54, 1.807) is 19.0 Å². The van der Waals surface area contributed by atoms with Crippen molar-refractivity contribution in [1.82, 2.24) is 19.9 Å². The Balaban J connectivity index is 1.66. The van der Waals surface area contributed by atoms with Crippen LogP contribution in [-0.2, 0) is 15.7 Å². The maximum Gasteiger partial charge on any atom is 0.417 e. The first-order valence-electron chi connectivity index (χ1n) is 12.0. The highest BCUT2D eigenvalue weighted by Crippen LogP contribution is 2.38. The summed E-state index contributed by atoms with van der Waals surface area (Å²) in [6, 6.07) is 2.15. The first kappa shape index (κ1) is 25.9. The molecule has 4 rings (SSSR count). The van der Waals surface area contributed by atoms with E-state index < -0.39 is 11.7 Å². The Morgan fingerprint density at radius 3 is 2.56 bits per heavy atom. The summed E-state index contributed by atoms with van der Waals surface area (Å²) in [6.45, 7) is 3.33. The minimum atomic E-state index is -4.65. The van der Waals surface area contributed by atoms with Gasteiger partial charge in [0.25, 0.3) is 0 Å². The summed E-state index contributed by atoms with van der Waals surface area (Å²) in [4.78, 5) is 28.7. The monoisotopic (exact) mass is 508 g/mol. The van der Waals surface area contributed by atoms with E-state index in [0.29, 0.717) is 45.4 Å². The van der Waals surface area contributed by atoms with Crippen LogP contribution in [0, 0.1) is 5.92 Å². The number of hydrogen-bond acceptors (Lipinski definition) is 8. The van der Waals surface area contributed by atoms with Crippen molar-refractivity contribution in [3.63, 3.8) is 0 Å². The Morgan fingerprint density at radius 1 is 1.19 bits per heavy atom. The van der Waals surface area contributed by atoms with Crippen molar-refractivity contribution in [2.45, 2.75) is 50.9 Å². The van der Waals surface area contributed by atoms with Crippen LogP contribution in [0.25, 0.3) is 11.3 Å². The third-order valence-electron chi connectivity index (χ3n) is 6.57. The van der Waals surface area contributed by atoms with Gasteiger partial charge in [0.05, 0.1) is 30.5 Å². The number of ether oxygens (including phenoxy) is 2. The van der Waals surface area contributed by atoms with Gasteiger partial charge in [-0.3, -0.25) is 4.79 Å². The van der Waals surface area contributed by atoms with Crippen LogP contribution >= 0.6 is 0 Å². The lowest BCUT2D eigenvalue weighted by molar-refractivity contribution is -0.137. The molecule has 1 aliphatic carbocycles. The first-order valence-corrected chi connectivity index (χ1v) is 12.0. The van der Waals surface area contributed by atoms with Crippen LogP contribution < -0.4 is 15.4 Å². The van der Waals surface area contributed by atoms with E-state index in [1.165, 1.54) is 6.07 Å². The SMILES string of the molecule is C[C@H]1COCCN1c1nc(O[C@H]2CC[C@H](C(=O)N(C)C)CC2)cc(-c2cnc(N)cc2C(F)(F)F)n1. The molecule has 1 aliphatic heterocycles. The summed E-state index contributed by atoms with van der Waals surface area (Å²) in [6.07, 6.45) is -1.15. The van der Waals surface area contributed by atoms with Crippen molar-refractivity contribution >= 4 is 17.7 Å². The first-order chi connectivity index (χ1) is 17.0. The maximum absolute atomic E-state index is 13.8. The van der Waals surface area contributed by atoms with E-state index in [-0.39, 0.29) is 52.9 Å². The lowest BCUT2D eigenvalue weighted by Gasteiger charge is -2.34. The zero-order valence-corrected chi connectivity index (χ0v) is 20.6. The number of halogens is 3. The number of hydrogen-bond donors (Lipinski definition) is 1. The molecule has 2 aromatic heterocycles. The quantitative estimate of drug-likeness (QED) is 0.655. The number of alkyl halides is 3. The highest BCUT2D eigenvalue weighted by atomic mass is 19.4. The van der Waals surface area contributed by atoms with Gasteiger partial charge in [-0.15, -0.1) is 0 Å². The average molecular weight is 509 g/mol. The molecule has 12 heteroatoms. The molecule has 1 saturated carbocycles. The van der Waals surface area contributed by atoms with Gasteiger partial charge in [-0.2, -0.15) is 18.2 Å². The molecule has 0 aromatic carbocycles. The zero-order valence-electron chi connectivity index (χ0n) is 20.6. The fourth-order valence-corrected chi connectivity index (χ4v) is 4.64. The van der Waals surface area contributed by atoms with Crippen LogP contribution in [-0.4, -0.2) is 71.8 Å². The molecule has 196 valence electrons. The number of morpholine rings is 1. The van der Waals surface area contributed by atoms with Crippen LogP contribution in [0.2, 0.25) is 0 Å². The van der Waals surface area contributed by atoms with E-state index in [0.717, 1.165) is 12.3 Å². The van der Waals surface area contributed by atoms with Gasteiger partial charge in [0, 0.05) is 44.4 Å². The van der Waals surface area contributed by atoms with Crippen molar-refractivity contribution < 1.29 is 27.4 Å². The molecule has 9 nitrogen and oxygen atoms in total. The highest BCUT2D eigenvalue weighted by molar-refractivity contribution is 5.78. The fraction of sp³-hybridized carbons (Fsp3) is 0.583. The van der Waals surface area contributed by atoms with Crippen molar-refractivity contribution in [1.29, 1.82) is 0 Å². The number of carbonyl (C=O) groups excluding carboxylic acids is 1. The van der Waals surface area contributed by atoms with E-state index in [1.807, 2.05) is 11.8 Å². The molecule has 0 bridgehead atoms. The summed E-state index contributed by atoms with van der Waals surface area (Å²) >= 11 is 0. The smallest absolute Gasteiger partial charge is 0.417 e. The lowest BCUT2D eigenvalue weighted by atomic mass is 9.86. The number of pyridine rings is 1. The fourth-order valence-electron chi connectivity index (χ4n) is 4.64. The number of nitrogens with zero attached hydrogens (tertiary/aromatic N) is 5. The van der Waals surface area contributed by atoms with Gasteiger partial charge in [0.2, 0.25) is 17.7 Å². The standard InChI is InChI=1S/C24H31F3N6O3/c1-14-13-35-9-8-33(14)23-30-19(17-12-29-20(28)10-18(17)24(25,26)27)11-21(31-23)36-16-6-4-15(5-7-16)22(34)32(2)3/h10-12,14-16H,4-9,13H2,1-3H3,(H2,28,29)/t14-,15-,16-/m0/s1. The van der Waals surface area contributed by atoms with E-state index in [2.05, 4.69) is 15.0 Å². The van der Waals surface area contributed by atoms with Gasteiger partial charge >= 0.3 is 6.18 Å². The van der Waals surface area contributed by atoms with Crippen LogP contribution in [0.15, 0.2) is 18.3 Å². The van der Waals surface area contributed by atoms with Crippen molar-refractivity contribution in [2.75, 3.05) is 44.5 Å². The molecule has 1 saturated heterocycles. The molecule has 2 fully saturated rings. The molecule has 2 aromatic rings. The Bertz CT molecular complexity index is 1090. The number of amides is 1. The molecule has 0 spiro atoms. The molecule has 0 unspecified atom stereocenters. The van der Waals surface area contributed by atoms with E-state index >= 15 is 0 Å². The van der Waals surface area contributed by atoms with Gasteiger partial charge in [0.15, 0.2) is 0 Å². The molecule has 36 heavy (non-hydrogen) atoms. The van der Waals surface area contributed by atoms with Gasteiger partial charge in [-0.1, -0.05) is 0 Å². The summed E-state index contributed by atoms with van der Waals surface area (Å²) < 4.78 is 53.2. The van der Waals surface area contributed by atoms with Crippen LogP contribution in [0.3, 0.4) is 0 Å². The molecule has 1 amide bonds. The molecular weight excluding hydrogens is 477 g/mol. The second-order valence-corrected chi connectivity index (χ2v) is 9.49. The van der Waals surface area contributed by atoms with Gasteiger partial charge in [-0.05, 0) is 38.7 Å². The Labute approximate surface area is 207 Å². The van der Waals surface area contributed by atoms with Crippen LogP contribution in [0.4, 0.5) is 24.9 Å².